The number of rotatable bonds is 4. The average molecular weight is 199 g/mol. The fraction of sp³-hybridized carbons (Fsp3) is 0.909. The highest BCUT2D eigenvalue weighted by Crippen LogP contribution is 2.25. The van der Waals surface area contributed by atoms with Crippen molar-refractivity contribution in [3.8, 4) is 0 Å². The Morgan fingerprint density at radius 1 is 1.57 bits per heavy atom. The molecule has 0 aromatic heterocycles. The lowest BCUT2D eigenvalue weighted by Gasteiger charge is -2.29. The summed E-state index contributed by atoms with van der Waals surface area (Å²) in [6.45, 7) is 6.01. The maximum atomic E-state index is 11.0. The Balaban J connectivity index is 2.42. The third kappa shape index (κ3) is 3.29. The smallest absolute Gasteiger partial charge is 0.308 e. The highest BCUT2D eigenvalue weighted by Gasteiger charge is 2.30. The molecule has 0 amide bonds. The van der Waals surface area contributed by atoms with E-state index in [0.717, 1.165) is 25.8 Å². The first-order valence-corrected chi connectivity index (χ1v) is 5.54. The van der Waals surface area contributed by atoms with Gasteiger partial charge in [0.25, 0.3) is 0 Å². The first-order chi connectivity index (χ1) is 6.61. The Kier molecular flexibility index (Phi) is 4.39. The zero-order valence-corrected chi connectivity index (χ0v) is 9.12. The van der Waals surface area contributed by atoms with E-state index in [4.69, 9.17) is 5.11 Å². The Morgan fingerprint density at radius 2 is 2.29 bits per heavy atom. The average Bonchev–Trinajstić information content (AvgIpc) is 2.15. The quantitative estimate of drug-likeness (QED) is 0.725. The lowest BCUT2D eigenvalue weighted by molar-refractivity contribution is -0.144. The third-order valence-corrected chi connectivity index (χ3v) is 3.06. The van der Waals surface area contributed by atoms with Crippen molar-refractivity contribution in [2.24, 2.45) is 17.8 Å². The number of nitrogens with one attached hydrogen (secondary N) is 1. The maximum Gasteiger partial charge on any atom is 0.308 e. The van der Waals surface area contributed by atoms with Crippen LogP contribution in [0.2, 0.25) is 0 Å². The third-order valence-electron chi connectivity index (χ3n) is 3.06. The van der Waals surface area contributed by atoms with E-state index in [1.54, 1.807) is 0 Å². The van der Waals surface area contributed by atoms with Crippen LogP contribution in [0.4, 0.5) is 0 Å². The molecule has 0 bridgehead atoms. The number of piperidine rings is 1. The van der Waals surface area contributed by atoms with Crippen molar-refractivity contribution in [1.82, 2.24) is 5.32 Å². The Bertz CT molecular complexity index is 192. The molecule has 0 aliphatic carbocycles. The number of hydrogen-bond acceptors (Lipinski definition) is 2. The van der Waals surface area contributed by atoms with Crippen molar-refractivity contribution in [3.05, 3.63) is 0 Å². The van der Waals surface area contributed by atoms with Crippen LogP contribution in [0.5, 0.6) is 0 Å². The summed E-state index contributed by atoms with van der Waals surface area (Å²) in [4.78, 5) is 11.0. The molecule has 0 aromatic carbocycles. The van der Waals surface area contributed by atoms with Crippen LogP contribution in [-0.4, -0.2) is 24.2 Å². The fourth-order valence-corrected chi connectivity index (χ4v) is 2.09. The molecule has 82 valence electrons. The van der Waals surface area contributed by atoms with Crippen LogP contribution < -0.4 is 5.32 Å². The van der Waals surface area contributed by atoms with Crippen molar-refractivity contribution in [2.75, 3.05) is 13.1 Å². The molecule has 1 aliphatic heterocycles. The van der Waals surface area contributed by atoms with Crippen molar-refractivity contribution >= 4 is 5.97 Å². The van der Waals surface area contributed by atoms with Gasteiger partial charge in [-0.25, -0.2) is 0 Å². The minimum atomic E-state index is -0.633. The number of aliphatic carboxylic acids is 1. The lowest BCUT2D eigenvalue weighted by atomic mass is 9.82. The molecule has 1 saturated heterocycles. The van der Waals surface area contributed by atoms with E-state index in [1.807, 2.05) is 0 Å². The molecule has 1 rings (SSSR count). The molecule has 0 saturated carbocycles. The second kappa shape index (κ2) is 5.35. The highest BCUT2D eigenvalue weighted by atomic mass is 16.4. The Morgan fingerprint density at radius 3 is 2.86 bits per heavy atom. The van der Waals surface area contributed by atoms with E-state index in [0.29, 0.717) is 18.4 Å². The molecule has 1 heterocycles. The molecule has 0 radical (unpaired) electrons. The summed E-state index contributed by atoms with van der Waals surface area (Å²) in [7, 11) is 0. The molecular weight excluding hydrogens is 178 g/mol. The number of carboxylic acids is 1. The van der Waals surface area contributed by atoms with Gasteiger partial charge in [0.15, 0.2) is 0 Å². The van der Waals surface area contributed by atoms with Crippen molar-refractivity contribution in [2.45, 2.75) is 33.1 Å². The van der Waals surface area contributed by atoms with Gasteiger partial charge in [0.2, 0.25) is 0 Å². The normalized spacial score (nSPS) is 27.9. The lowest BCUT2D eigenvalue weighted by Crippen LogP contribution is -2.40. The van der Waals surface area contributed by atoms with Gasteiger partial charge in [-0.3, -0.25) is 4.79 Å². The van der Waals surface area contributed by atoms with E-state index in [9.17, 15) is 4.79 Å². The second-order valence-electron chi connectivity index (χ2n) is 4.67. The molecule has 1 fully saturated rings. The van der Waals surface area contributed by atoms with E-state index in [-0.39, 0.29) is 5.92 Å². The van der Waals surface area contributed by atoms with Gasteiger partial charge >= 0.3 is 5.97 Å². The molecule has 3 nitrogen and oxygen atoms in total. The van der Waals surface area contributed by atoms with Gasteiger partial charge in [-0.1, -0.05) is 20.3 Å². The minimum Gasteiger partial charge on any atom is -0.481 e. The molecule has 2 unspecified atom stereocenters. The molecule has 0 aromatic rings. The van der Waals surface area contributed by atoms with Gasteiger partial charge in [-0.2, -0.15) is 0 Å². The predicted molar refractivity (Wildman–Crippen MR) is 56.2 cm³/mol. The predicted octanol–water partition coefficient (Wildman–Crippen LogP) is 1.73. The number of hydrogen-bond donors (Lipinski definition) is 2. The summed E-state index contributed by atoms with van der Waals surface area (Å²) in [5.74, 6) is 0.268. The summed E-state index contributed by atoms with van der Waals surface area (Å²) < 4.78 is 0. The van der Waals surface area contributed by atoms with E-state index in [2.05, 4.69) is 19.2 Å². The topological polar surface area (TPSA) is 49.3 Å². The first-order valence-electron chi connectivity index (χ1n) is 5.54. The molecule has 0 spiro atoms. The summed E-state index contributed by atoms with van der Waals surface area (Å²) in [6, 6.07) is 0. The largest absolute Gasteiger partial charge is 0.481 e. The van der Waals surface area contributed by atoms with Crippen LogP contribution in [-0.2, 0) is 4.79 Å². The van der Waals surface area contributed by atoms with Crippen LogP contribution in [0.1, 0.15) is 33.1 Å². The van der Waals surface area contributed by atoms with Crippen molar-refractivity contribution < 1.29 is 9.90 Å². The van der Waals surface area contributed by atoms with E-state index in [1.165, 1.54) is 0 Å². The van der Waals surface area contributed by atoms with Crippen LogP contribution in [0.3, 0.4) is 0 Å². The molecule has 14 heavy (non-hydrogen) atoms. The fourth-order valence-electron chi connectivity index (χ4n) is 2.09. The van der Waals surface area contributed by atoms with Crippen LogP contribution in [0.15, 0.2) is 0 Å². The second-order valence-corrected chi connectivity index (χ2v) is 4.67. The molecule has 1 aliphatic rings. The van der Waals surface area contributed by atoms with Crippen LogP contribution in [0, 0.1) is 17.8 Å². The SMILES string of the molecule is CC(C)CCC1CCNCC1C(=O)O. The van der Waals surface area contributed by atoms with Crippen LogP contribution >= 0.6 is 0 Å². The zero-order chi connectivity index (χ0) is 10.6. The van der Waals surface area contributed by atoms with E-state index >= 15 is 0 Å². The van der Waals surface area contributed by atoms with Gasteiger partial charge < -0.3 is 10.4 Å². The summed E-state index contributed by atoms with van der Waals surface area (Å²) in [5, 5.41) is 12.2. The van der Waals surface area contributed by atoms with Gasteiger partial charge in [0.05, 0.1) is 5.92 Å². The van der Waals surface area contributed by atoms with Gasteiger partial charge in [0.1, 0.15) is 0 Å². The summed E-state index contributed by atoms with van der Waals surface area (Å²) >= 11 is 0. The molecule has 3 heteroatoms. The summed E-state index contributed by atoms with van der Waals surface area (Å²) in [6.07, 6.45) is 3.23. The Labute approximate surface area is 85.9 Å². The molecule has 2 N–H and O–H groups in total. The molecule has 2 atom stereocenters. The molecular formula is C11H21NO2. The standard InChI is InChI=1S/C11H21NO2/c1-8(2)3-4-9-5-6-12-7-10(9)11(13)14/h8-10,12H,3-7H2,1-2H3,(H,13,14). The maximum absolute atomic E-state index is 11.0. The van der Waals surface area contributed by atoms with Gasteiger partial charge in [-0.15, -0.1) is 0 Å². The van der Waals surface area contributed by atoms with Crippen molar-refractivity contribution in [1.29, 1.82) is 0 Å². The number of carboxylic acid groups (broad SMARTS) is 1. The Hall–Kier alpha value is -0.570. The highest BCUT2D eigenvalue weighted by molar-refractivity contribution is 5.70. The minimum absolute atomic E-state index is 0.164. The zero-order valence-electron chi connectivity index (χ0n) is 9.12. The first kappa shape index (κ1) is 11.5. The summed E-state index contributed by atoms with van der Waals surface area (Å²) in [5.41, 5.74) is 0. The monoisotopic (exact) mass is 199 g/mol. The van der Waals surface area contributed by atoms with Gasteiger partial charge in [0, 0.05) is 6.54 Å². The van der Waals surface area contributed by atoms with Crippen LogP contribution in [0.25, 0.3) is 0 Å². The van der Waals surface area contributed by atoms with E-state index < -0.39 is 5.97 Å². The van der Waals surface area contributed by atoms with Gasteiger partial charge in [-0.05, 0) is 31.2 Å². The number of carbonyl (C=O) groups is 1. The van der Waals surface area contributed by atoms with Crippen molar-refractivity contribution in [3.63, 3.8) is 0 Å².